The van der Waals surface area contributed by atoms with E-state index < -0.39 is 0 Å². The molecule has 2 unspecified atom stereocenters. The lowest BCUT2D eigenvalue weighted by molar-refractivity contribution is 0.428. The van der Waals surface area contributed by atoms with Gasteiger partial charge in [-0.05, 0) is 18.1 Å². The summed E-state index contributed by atoms with van der Waals surface area (Å²) in [5.74, 6) is 0.256. The number of hydrogen-bond acceptors (Lipinski definition) is 2. The number of pyridine rings is 1. The van der Waals surface area contributed by atoms with Crippen LogP contribution in [0.5, 0.6) is 0 Å². The van der Waals surface area contributed by atoms with Crippen molar-refractivity contribution in [3.8, 4) is 0 Å². The lowest BCUT2D eigenvalue weighted by Crippen LogP contribution is -2.32. The van der Waals surface area contributed by atoms with Crippen LogP contribution >= 0.6 is 0 Å². The first-order valence-electron chi connectivity index (χ1n) is 4.89. The van der Waals surface area contributed by atoms with Gasteiger partial charge >= 0.3 is 0 Å². The maximum absolute atomic E-state index is 12.6. The van der Waals surface area contributed by atoms with Crippen LogP contribution in [0.4, 0.5) is 4.39 Å². The first-order valence-corrected chi connectivity index (χ1v) is 4.89. The Kier molecular flexibility index (Phi) is 3.58. The van der Waals surface area contributed by atoms with Crippen LogP contribution < -0.4 is 5.73 Å². The molecule has 0 saturated heterocycles. The molecule has 0 aliphatic carbocycles. The lowest BCUT2D eigenvalue weighted by Gasteiger charge is -2.22. The molecule has 0 saturated carbocycles. The summed E-state index contributed by atoms with van der Waals surface area (Å²) in [6.45, 7) is 6.17. The molecule has 0 aromatic carbocycles. The highest BCUT2D eigenvalue weighted by atomic mass is 19.1. The van der Waals surface area contributed by atoms with Crippen molar-refractivity contribution in [2.75, 3.05) is 0 Å². The molecule has 0 spiro atoms. The zero-order valence-electron chi connectivity index (χ0n) is 8.87. The summed E-state index contributed by atoms with van der Waals surface area (Å²) in [5, 5.41) is 0. The van der Waals surface area contributed by atoms with Crippen LogP contribution in [0.3, 0.4) is 0 Å². The van der Waals surface area contributed by atoms with Crippen molar-refractivity contribution < 1.29 is 4.39 Å². The summed E-state index contributed by atoms with van der Waals surface area (Å²) >= 11 is 0. The number of aromatic nitrogens is 1. The predicted octanol–water partition coefficient (Wildman–Crippen LogP) is 2.31. The summed E-state index contributed by atoms with van der Waals surface area (Å²) in [4.78, 5) is 4.03. The molecule has 14 heavy (non-hydrogen) atoms. The van der Waals surface area contributed by atoms with Gasteiger partial charge in [-0.3, -0.25) is 4.98 Å². The zero-order chi connectivity index (χ0) is 10.7. The third-order valence-electron chi connectivity index (χ3n) is 2.56. The molecule has 0 amide bonds. The van der Waals surface area contributed by atoms with Gasteiger partial charge in [-0.15, -0.1) is 0 Å². The SMILES string of the molecule is CC(C)C(N)C(C)c1ccc(F)cn1. The van der Waals surface area contributed by atoms with Gasteiger partial charge in [0.1, 0.15) is 5.82 Å². The van der Waals surface area contributed by atoms with Crippen LogP contribution in [0.2, 0.25) is 0 Å². The van der Waals surface area contributed by atoms with Crippen molar-refractivity contribution in [3.05, 3.63) is 29.8 Å². The second-order valence-corrected chi connectivity index (χ2v) is 4.01. The van der Waals surface area contributed by atoms with E-state index >= 15 is 0 Å². The Morgan fingerprint density at radius 3 is 2.36 bits per heavy atom. The zero-order valence-corrected chi connectivity index (χ0v) is 8.87. The highest BCUT2D eigenvalue weighted by Gasteiger charge is 2.18. The number of nitrogens with zero attached hydrogens (tertiary/aromatic N) is 1. The topological polar surface area (TPSA) is 38.9 Å². The van der Waals surface area contributed by atoms with Gasteiger partial charge in [0.2, 0.25) is 0 Å². The Labute approximate surface area is 84.3 Å². The molecule has 1 aromatic rings. The smallest absolute Gasteiger partial charge is 0.141 e. The van der Waals surface area contributed by atoms with E-state index in [1.165, 1.54) is 12.3 Å². The number of halogens is 1. The van der Waals surface area contributed by atoms with E-state index in [0.717, 1.165) is 5.69 Å². The minimum atomic E-state index is -0.306. The molecule has 0 radical (unpaired) electrons. The second kappa shape index (κ2) is 4.51. The standard InChI is InChI=1S/C11H17FN2/c1-7(2)11(13)8(3)10-5-4-9(12)6-14-10/h4-8,11H,13H2,1-3H3. The molecule has 1 heterocycles. The molecule has 78 valence electrons. The van der Waals surface area contributed by atoms with E-state index in [9.17, 15) is 4.39 Å². The van der Waals surface area contributed by atoms with E-state index in [-0.39, 0.29) is 17.8 Å². The summed E-state index contributed by atoms with van der Waals surface area (Å²) in [7, 11) is 0. The first kappa shape index (κ1) is 11.1. The fraction of sp³-hybridized carbons (Fsp3) is 0.545. The normalized spacial score (nSPS) is 15.6. The fourth-order valence-corrected chi connectivity index (χ4v) is 1.43. The van der Waals surface area contributed by atoms with Crippen molar-refractivity contribution in [2.24, 2.45) is 11.7 Å². The highest BCUT2D eigenvalue weighted by molar-refractivity contribution is 5.12. The van der Waals surface area contributed by atoms with Crippen molar-refractivity contribution in [1.82, 2.24) is 4.98 Å². The van der Waals surface area contributed by atoms with Gasteiger partial charge in [-0.25, -0.2) is 4.39 Å². The predicted molar refractivity (Wildman–Crippen MR) is 55.4 cm³/mol. The Bertz CT molecular complexity index is 282. The number of hydrogen-bond donors (Lipinski definition) is 1. The summed E-state index contributed by atoms with van der Waals surface area (Å²) in [6, 6.07) is 3.18. The van der Waals surface area contributed by atoms with E-state index in [2.05, 4.69) is 18.8 Å². The molecule has 0 fully saturated rings. The molecule has 2 nitrogen and oxygen atoms in total. The number of nitrogens with two attached hydrogens (primary N) is 1. The molecule has 2 N–H and O–H groups in total. The quantitative estimate of drug-likeness (QED) is 0.805. The van der Waals surface area contributed by atoms with Gasteiger partial charge in [0.25, 0.3) is 0 Å². The van der Waals surface area contributed by atoms with Gasteiger partial charge < -0.3 is 5.73 Å². The van der Waals surface area contributed by atoms with Crippen LogP contribution in [-0.4, -0.2) is 11.0 Å². The van der Waals surface area contributed by atoms with Crippen LogP contribution in [-0.2, 0) is 0 Å². The maximum atomic E-state index is 12.6. The van der Waals surface area contributed by atoms with Gasteiger partial charge in [-0.2, -0.15) is 0 Å². The summed E-state index contributed by atoms with van der Waals surface area (Å²) in [5.41, 5.74) is 6.85. The molecule has 0 bridgehead atoms. The highest BCUT2D eigenvalue weighted by Crippen LogP contribution is 2.20. The van der Waals surface area contributed by atoms with Gasteiger partial charge in [-0.1, -0.05) is 20.8 Å². The Morgan fingerprint density at radius 1 is 1.29 bits per heavy atom. The first-order chi connectivity index (χ1) is 6.52. The van der Waals surface area contributed by atoms with Crippen LogP contribution in [0.25, 0.3) is 0 Å². The Hall–Kier alpha value is -0.960. The molecule has 2 atom stereocenters. The van der Waals surface area contributed by atoms with Crippen LogP contribution in [0.1, 0.15) is 32.4 Å². The minimum Gasteiger partial charge on any atom is -0.327 e. The van der Waals surface area contributed by atoms with E-state index in [0.29, 0.717) is 5.92 Å². The molecule has 0 aliphatic heterocycles. The summed E-state index contributed by atoms with van der Waals surface area (Å²) in [6.07, 6.45) is 1.23. The third-order valence-corrected chi connectivity index (χ3v) is 2.56. The van der Waals surface area contributed by atoms with Gasteiger partial charge in [0, 0.05) is 17.7 Å². The fourth-order valence-electron chi connectivity index (χ4n) is 1.43. The van der Waals surface area contributed by atoms with Crippen molar-refractivity contribution in [3.63, 3.8) is 0 Å². The van der Waals surface area contributed by atoms with Gasteiger partial charge in [0.05, 0.1) is 6.20 Å². The molecule has 1 aromatic heterocycles. The third kappa shape index (κ3) is 2.51. The Morgan fingerprint density at radius 2 is 1.93 bits per heavy atom. The van der Waals surface area contributed by atoms with Crippen molar-refractivity contribution in [2.45, 2.75) is 32.7 Å². The average molecular weight is 196 g/mol. The lowest BCUT2D eigenvalue weighted by atomic mass is 9.90. The molecule has 3 heteroatoms. The van der Waals surface area contributed by atoms with Crippen LogP contribution in [0, 0.1) is 11.7 Å². The molecular weight excluding hydrogens is 179 g/mol. The van der Waals surface area contributed by atoms with E-state index in [1.54, 1.807) is 6.07 Å². The Balaban J connectivity index is 2.78. The van der Waals surface area contributed by atoms with Crippen molar-refractivity contribution >= 4 is 0 Å². The summed E-state index contributed by atoms with van der Waals surface area (Å²) < 4.78 is 12.6. The second-order valence-electron chi connectivity index (χ2n) is 4.01. The van der Waals surface area contributed by atoms with Gasteiger partial charge in [0.15, 0.2) is 0 Å². The molecule has 0 aliphatic rings. The molecular formula is C11H17FN2. The largest absolute Gasteiger partial charge is 0.327 e. The molecule has 1 rings (SSSR count). The maximum Gasteiger partial charge on any atom is 0.141 e. The average Bonchev–Trinajstić information content (AvgIpc) is 2.16. The van der Waals surface area contributed by atoms with E-state index in [1.807, 2.05) is 6.92 Å². The number of rotatable bonds is 3. The van der Waals surface area contributed by atoms with Crippen molar-refractivity contribution in [1.29, 1.82) is 0 Å². The monoisotopic (exact) mass is 196 g/mol. The van der Waals surface area contributed by atoms with E-state index in [4.69, 9.17) is 5.73 Å². The van der Waals surface area contributed by atoms with Crippen LogP contribution in [0.15, 0.2) is 18.3 Å². The minimum absolute atomic E-state index is 0.0629.